The van der Waals surface area contributed by atoms with E-state index in [-0.39, 0.29) is 6.10 Å². The van der Waals surface area contributed by atoms with E-state index in [4.69, 9.17) is 9.47 Å². The minimum absolute atomic E-state index is 0.0144. The molecule has 3 nitrogen and oxygen atoms in total. The molecule has 0 N–H and O–H groups in total. The minimum atomic E-state index is 0.0144. The number of allylic oxidation sites excluding steroid dienone is 2. The van der Waals surface area contributed by atoms with Crippen LogP contribution in [0.15, 0.2) is 47.9 Å². The van der Waals surface area contributed by atoms with Gasteiger partial charge in [-0.1, -0.05) is 30.7 Å². The third-order valence-corrected chi connectivity index (χ3v) is 4.93. The van der Waals surface area contributed by atoms with Crippen LogP contribution in [0.1, 0.15) is 49.3 Å². The van der Waals surface area contributed by atoms with E-state index in [9.17, 15) is 0 Å². The first kappa shape index (κ1) is 14.8. The summed E-state index contributed by atoms with van der Waals surface area (Å²) in [6.07, 6.45) is 10.5. The molecule has 0 radical (unpaired) electrons. The Balaban J connectivity index is 1.40. The number of likely N-dealkylation sites (tertiary alicyclic amines) is 1. The van der Waals surface area contributed by atoms with Gasteiger partial charge in [0.1, 0.15) is 6.61 Å². The summed E-state index contributed by atoms with van der Waals surface area (Å²) >= 11 is 0. The number of piperidine rings is 1. The molecule has 1 aromatic carbocycles. The van der Waals surface area contributed by atoms with Crippen LogP contribution in [0, 0.1) is 0 Å². The molecule has 0 saturated carbocycles. The van der Waals surface area contributed by atoms with Crippen molar-refractivity contribution in [1.29, 1.82) is 0 Å². The molecule has 0 bridgehead atoms. The smallest absolute Gasteiger partial charge is 0.158 e. The number of ether oxygens (including phenoxy) is 2. The first-order valence-electron chi connectivity index (χ1n) is 8.90. The van der Waals surface area contributed by atoms with Crippen LogP contribution < -0.4 is 0 Å². The summed E-state index contributed by atoms with van der Waals surface area (Å²) in [4.78, 5) is 2.56. The van der Waals surface area contributed by atoms with Crippen molar-refractivity contribution in [2.24, 2.45) is 0 Å². The van der Waals surface area contributed by atoms with Gasteiger partial charge in [-0.2, -0.15) is 0 Å². The van der Waals surface area contributed by atoms with Gasteiger partial charge in [0.05, 0.1) is 0 Å². The number of rotatable bonds is 3. The van der Waals surface area contributed by atoms with Crippen molar-refractivity contribution in [2.45, 2.75) is 44.8 Å². The number of hydrogen-bond acceptors (Lipinski definition) is 3. The molecule has 4 rings (SSSR count). The zero-order chi connectivity index (χ0) is 15.5. The zero-order valence-electron chi connectivity index (χ0n) is 13.7. The molecule has 1 aliphatic carbocycles. The summed E-state index contributed by atoms with van der Waals surface area (Å²) in [6.45, 7) is 4.16. The molecule has 0 amide bonds. The highest BCUT2D eigenvalue weighted by Crippen LogP contribution is 2.33. The summed E-state index contributed by atoms with van der Waals surface area (Å²) in [5, 5.41) is 0. The third-order valence-electron chi connectivity index (χ3n) is 4.93. The lowest BCUT2D eigenvalue weighted by molar-refractivity contribution is -0.0103. The first-order valence-corrected chi connectivity index (χ1v) is 8.90. The average Bonchev–Trinajstić information content (AvgIpc) is 2.63. The molecule has 2 aliphatic heterocycles. The molecule has 2 saturated heterocycles. The topological polar surface area (TPSA) is 21.7 Å². The zero-order valence-corrected chi connectivity index (χ0v) is 13.7. The maximum Gasteiger partial charge on any atom is 0.158 e. The predicted octanol–water partition coefficient (Wildman–Crippen LogP) is 4.32. The molecular weight excluding hydrogens is 286 g/mol. The van der Waals surface area contributed by atoms with Crippen molar-refractivity contribution < 1.29 is 9.47 Å². The van der Waals surface area contributed by atoms with E-state index in [2.05, 4.69) is 41.3 Å². The van der Waals surface area contributed by atoms with Gasteiger partial charge in [0.2, 0.25) is 0 Å². The highest BCUT2D eigenvalue weighted by Gasteiger charge is 2.25. The van der Waals surface area contributed by atoms with E-state index in [1.54, 1.807) is 0 Å². The molecule has 1 aromatic rings. The van der Waals surface area contributed by atoms with Gasteiger partial charge in [-0.3, -0.25) is 4.90 Å². The second kappa shape index (κ2) is 6.79. The van der Waals surface area contributed by atoms with Gasteiger partial charge in [0.25, 0.3) is 0 Å². The molecule has 0 unspecified atom stereocenters. The second-order valence-corrected chi connectivity index (χ2v) is 6.71. The van der Waals surface area contributed by atoms with Crippen molar-refractivity contribution in [3.8, 4) is 0 Å². The monoisotopic (exact) mass is 311 g/mol. The van der Waals surface area contributed by atoms with Gasteiger partial charge in [-0.05, 0) is 62.1 Å². The second-order valence-electron chi connectivity index (χ2n) is 6.71. The van der Waals surface area contributed by atoms with Crippen molar-refractivity contribution in [2.75, 3.05) is 19.7 Å². The highest BCUT2D eigenvalue weighted by molar-refractivity contribution is 5.29. The molecule has 122 valence electrons. The van der Waals surface area contributed by atoms with E-state index in [1.165, 1.54) is 43.5 Å². The quantitative estimate of drug-likeness (QED) is 0.829. The average molecular weight is 311 g/mol. The van der Waals surface area contributed by atoms with E-state index in [1.807, 2.05) is 0 Å². The maximum absolute atomic E-state index is 6.12. The first-order chi connectivity index (χ1) is 11.4. The fraction of sp³-hybridized carbons (Fsp3) is 0.500. The van der Waals surface area contributed by atoms with Gasteiger partial charge in [-0.25, -0.2) is 0 Å². The molecule has 3 heteroatoms. The Bertz CT molecular complexity index is 597. The predicted molar refractivity (Wildman–Crippen MR) is 90.7 cm³/mol. The van der Waals surface area contributed by atoms with Crippen molar-refractivity contribution in [3.63, 3.8) is 0 Å². The minimum Gasteiger partial charge on any atom is -0.486 e. The van der Waals surface area contributed by atoms with Gasteiger partial charge in [-0.15, -0.1) is 0 Å². The van der Waals surface area contributed by atoms with Gasteiger partial charge >= 0.3 is 0 Å². The third kappa shape index (κ3) is 3.45. The molecule has 3 aliphatic rings. The molecule has 1 atom stereocenters. The van der Waals surface area contributed by atoms with Crippen LogP contribution in [-0.2, 0) is 16.0 Å². The lowest BCUT2D eigenvalue weighted by atomic mass is 10.0. The van der Waals surface area contributed by atoms with Gasteiger partial charge < -0.3 is 9.47 Å². The van der Waals surface area contributed by atoms with Crippen LogP contribution in [0.5, 0.6) is 0 Å². The summed E-state index contributed by atoms with van der Waals surface area (Å²) in [7, 11) is 0. The summed E-state index contributed by atoms with van der Waals surface area (Å²) in [5.74, 6) is 1.85. The summed E-state index contributed by atoms with van der Waals surface area (Å²) < 4.78 is 12.0. The fourth-order valence-corrected chi connectivity index (χ4v) is 3.60. The standard InChI is InChI=1S/C20H25NO2/c1-4-12-21(13-5-1)14-16-8-10-17(11-9-16)20-15-22-18-6-2-3-7-19(18)23-20/h6-11,20H,1-5,12-15H2/t20-/m1/s1. The Kier molecular flexibility index (Phi) is 4.38. The SMILES string of the molecule is C1=C2OC[C@H](c3ccc(CN4CCCCC4)cc3)OC2=CCC1. The Morgan fingerprint density at radius 3 is 2.43 bits per heavy atom. The van der Waals surface area contributed by atoms with Crippen LogP contribution in [0.25, 0.3) is 0 Å². The molecule has 2 fully saturated rings. The normalized spacial score (nSPS) is 24.8. The van der Waals surface area contributed by atoms with Crippen LogP contribution in [-0.4, -0.2) is 24.6 Å². The van der Waals surface area contributed by atoms with Crippen LogP contribution in [0.2, 0.25) is 0 Å². The largest absolute Gasteiger partial charge is 0.486 e. The van der Waals surface area contributed by atoms with E-state index < -0.39 is 0 Å². The van der Waals surface area contributed by atoms with Crippen molar-refractivity contribution >= 4 is 0 Å². The lowest BCUT2D eigenvalue weighted by Gasteiger charge is -2.30. The number of benzene rings is 1. The summed E-state index contributed by atoms with van der Waals surface area (Å²) in [6, 6.07) is 8.89. The number of nitrogens with zero attached hydrogens (tertiary/aromatic N) is 1. The Labute approximate surface area is 138 Å². The van der Waals surface area contributed by atoms with Crippen LogP contribution in [0.4, 0.5) is 0 Å². The molecule has 0 spiro atoms. The lowest BCUT2D eigenvalue weighted by Crippen LogP contribution is -2.29. The molecule has 23 heavy (non-hydrogen) atoms. The van der Waals surface area contributed by atoms with Crippen molar-refractivity contribution in [1.82, 2.24) is 4.90 Å². The molecule has 2 heterocycles. The van der Waals surface area contributed by atoms with Gasteiger partial charge in [0, 0.05) is 6.54 Å². The Hall–Kier alpha value is -1.74. The Morgan fingerprint density at radius 1 is 0.913 bits per heavy atom. The Morgan fingerprint density at radius 2 is 1.65 bits per heavy atom. The maximum atomic E-state index is 6.12. The van der Waals surface area contributed by atoms with E-state index in [0.717, 1.165) is 30.9 Å². The summed E-state index contributed by atoms with van der Waals surface area (Å²) in [5.41, 5.74) is 2.60. The van der Waals surface area contributed by atoms with Crippen LogP contribution >= 0.6 is 0 Å². The number of hydrogen-bond donors (Lipinski definition) is 0. The van der Waals surface area contributed by atoms with Crippen molar-refractivity contribution in [3.05, 3.63) is 59.1 Å². The van der Waals surface area contributed by atoms with E-state index in [0.29, 0.717) is 6.61 Å². The van der Waals surface area contributed by atoms with E-state index >= 15 is 0 Å². The fourth-order valence-electron chi connectivity index (χ4n) is 3.60. The molecule has 0 aromatic heterocycles. The highest BCUT2D eigenvalue weighted by atomic mass is 16.6. The van der Waals surface area contributed by atoms with Gasteiger partial charge in [0.15, 0.2) is 17.6 Å². The molecular formula is C20H25NO2. The number of fused-ring (bicyclic) bond motifs is 1. The van der Waals surface area contributed by atoms with Crippen LogP contribution in [0.3, 0.4) is 0 Å².